The van der Waals surface area contributed by atoms with Crippen LogP contribution < -0.4 is 5.32 Å². The van der Waals surface area contributed by atoms with E-state index >= 15 is 0 Å². The molecule has 0 saturated carbocycles. The third-order valence-corrected chi connectivity index (χ3v) is 3.84. The standard InChI is InChI=1S/C19H13ClN4/c20-14-6-8-15(9-7-14)22-18-11-10-16-19(24-18)23-17(12-21-16)13-4-2-1-3-5-13/h1-12H,(H,22,23,24). The van der Waals surface area contributed by atoms with Crippen LogP contribution in [0.3, 0.4) is 0 Å². The van der Waals surface area contributed by atoms with E-state index in [9.17, 15) is 0 Å². The van der Waals surface area contributed by atoms with Crippen LogP contribution in [0.4, 0.5) is 11.5 Å². The number of hydrogen-bond donors (Lipinski definition) is 1. The van der Waals surface area contributed by atoms with Gasteiger partial charge < -0.3 is 5.32 Å². The molecular formula is C19H13ClN4. The van der Waals surface area contributed by atoms with Crippen molar-refractivity contribution in [3.63, 3.8) is 0 Å². The number of halogens is 1. The van der Waals surface area contributed by atoms with Crippen LogP contribution in [-0.2, 0) is 0 Å². The first kappa shape index (κ1) is 14.6. The van der Waals surface area contributed by atoms with Gasteiger partial charge in [0, 0.05) is 16.3 Å². The summed E-state index contributed by atoms with van der Waals surface area (Å²) in [5, 5.41) is 3.94. The molecule has 0 fully saturated rings. The normalized spacial score (nSPS) is 10.7. The number of rotatable bonds is 3. The minimum Gasteiger partial charge on any atom is -0.340 e. The zero-order valence-corrected chi connectivity index (χ0v) is 13.4. The second kappa shape index (κ2) is 6.26. The van der Waals surface area contributed by atoms with Crippen LogP contribution in [0.2, 0.25) is 5.02 Å². The number of nitrogens with zero attached hydrogens (tertiary/aromatic N) is 3. The van der Waals surface area contributed by atoms with Crippen molar-refractivity contribution in [2.24, 2.45) is 0 Å². The van der Waals surface area contributed by atoms with Crippen molar-refractivity contribution in [1.29, 1.82) is 0 Å². The zero-order valence-electron chi connectivity index (χ0n) is 12.6. The van der Waals surface area contributed by atoms with Gasteiger partial charge in [-0.15, -0.1) is 0 Å². The summed E-state index contributed by atoms with van der Waals surface area (Å²) < 4.78 is 0. The van der Waals surface area contributed by atoms with Crippen molar-refractivity contribution in [2.75, 3.05) is 5.32 Å². The van der Waals surface area contributed by atoms with Crippen molar-refractivity contribution in [1.82, 2.24) is 15.0 Å². The minimum atomic E-state index is 0.607. The Balaban J connectivity index is 1.69. The van der Waals surface area contributed by atoms with Crippen LogP contribution in [0.1, 0.15) is 0 Å². The fourth-order valence-electron chi connectivity index (χ4n) is 2.40. The highest BCUT2D eigenvalue weighted by molar-refractivity contribution is 6.30. The maximum Gasteiger partial charge on any atom is 0.180 e. The van der Waals surface area contributed by atoms with Crippen LogP contribution in [0.5, 0.6) is 0 Å². The first-order valence-corrected chi connectivity index (χ1v) is 7.87. The summed E-state index contributed by atoms with van der Waals surface area (Å²) in [6, 6.07) is 21.2. The lowest BCUT2D eigenvalue weighted by atomic mass is 10.2. The van der Waals surface area contributed by atoms with Crippen molar-refractivity contribution in [2.45, 2.75) is 0 Å². The van der Waals surface area contributed by atoms with Gasteiger partial charge in [-0.3, -0.25) is 4.98 Å². The van der Waals surface area contributed by atoms with Gasteiger partial charge in [0.25, 0.3) is 0 Å². The van der Waals surface area contributed by atoms with E-state index in [0.29, 0.717) is 16.5 Å². The molecule has 0 bridgehead atoms. The second-order valence-electron chi connectivity index (χ2n) is 5.29. The van der Waals surface area contributed by atoms with Crippen molar-refractivity contribution >= 4 is 34.3 Å². The molecule has 0 aliphatic heterocycles. The minimum absolute atomic E-state index is 0.607. The van der Waals surface area contributed by atoms with Crippen molar-refractivity contribution < 1.29 is 0 Å². The molecule has 1 N–H and O–H groups in total. The number of aromatic nitrogens is 3. The summed E-state index contributed by atoms with van der Waals surface area (Å²) >= 11 is 5.91. The van der Waals surface area contributed by atoms with Gasteiger partial charge in [-0.2, -0.15) is 0 Å². The smallest absolute Gasteiger partial charge is 0.180 e. The molecule has 0 aliphatic rings. The van der Waals surface area contributed by atoms with E-state index < -0.39 is 0 Å². The van der Waals surface area contributed by atoms with Crippen LogP contribution in [0.25, 0.3) is 22.4 Å². The summed E-state index contributed by atoms with van der Waals surface area (Å²) in [6.45, 7) is 0. The third kappa shape index (κ3) is 3.05. The molecule has 116 valence electrons. The maximum absolute atomic E-state index is 5.91. The van der Waals surface area contributed by atoms with Crippen molar-refractivity contribution in [3.8, 4) is 11.3 Å². The van der Waals surface area contributed by atoms with E-state index in [1.807, 2.05) is 66.7 Å². The van der Waals surface area contributed by atoms with Gasteiger partial charge in [0.15, 0.2) is 5.65 Å². The SMILES string of the molecule is Clc1ccc(Nc2ccc3ncc(-c4ccccc4)nc3n2)cc1. The van der Waals surface area contributed by atoms with Crippen LogP contribution in [0.15, 0.2) is 72.9 Å². The lowest BCUT2D eigenvalue weighted by molar-refractivity contribution is 1.22. The Morgan fingerprint density at radius 1 is 0.792 bits per heavy atom. The van der Waals surface area contributed by atoms with E-state index in [-0.39, 0.29) is 0 Å². The molecule has 0 atom stereocenters. The van der Waals surface area contributed by atoms with Crippen molar-refractivity contribution in [3.05, 3.63) is 77.9 Å². The fourth-order valence-corrected chi connectivity index (χ4v) is 2.52. The van der Waals surface area contributed by atoms with Gasteiger partial charge in [0.05, 0.1) is 11.9 Å². The Bertz CT molecular complexity index is 985. The fraction of sp³-hybridized carbons (Fsp3) is 0. The van der Waals surface area contributed by atoms with Gasteiger partial charge >= 0.3 is 0 Å². The average Bonchev–Trinajstić information content (AvgIpc) is 2.64. The Labute approximate surface area is 144 Å². The molecule has 0 saturated heterocycles. The molecule has 5 heteroatoms. The molecule has 4 rings (SSSR count). The lowest BCUT2D eigenvalue weighted by Gasteiger charge is -2.07. The number of benzene rings is 2. The van der Waals surface area contributed by atoms with E-state index in [4.69, 9.17) is 11.6 Å². The Morgan fingerprint density at radius 2 is 1.58 bits per heavy atom. The Morgan fingerprint density at radius 3 is 2.38 bits per heavy atom. The largest absolute Gasteiger partial charge is 0.340 e. The van der Waals surface area contributed by atoms with E-state index in [0.717, 1.165) is 22.5 Å². The summed E-state index contributed by atoms with van der Waals surface area (Å²) in [6.07, 6.45) is 1.77. The predicted octanol–water partition coefficient (Wildman–Crippen LogP) is 5.09. The molecule has 0 radical (unpaired) electrons. The summed E-state index contributed by atoms with van der Waals surface area (Å²) in [5.74, 6) is 0.712. The quantitative estimate of drug-likeness (QED) is 0.567. The molecule has 0 spiro atoms. The van der Waals surface area contributed by atoms with E-state index in [1.54, 1.807) is 6.20 Å². The Hall–Kier alpha value is -2.98. The molecule has 2 aromatic carbocycles. The Kier molecular flexibility index (Phi) is 3.81. The summed E-state index contributed by atoms with van der Waals surface area (Å²) in [7, 11) is 0. The summed E-state index contributed by atoms with van der Waals surface area (Å²) in [4.78, 5) is 13.6. The number of anilines is 2. The lowest BCUT2D eigenvalue weighted by Crippen LogP contribution is -1.96. The average molecular weight is 333 g/mol. The van der Waals surface area contributed by atoms with Gasteiger partial charge in [-0.25, -0.2) is 9.97 Å². The third-order valence-electron chi connectivity index (χ3n) is 3.59. The van der Waals surface area contributed by atoms with Gasteiger partial charge in [0.1, 0.15) is 11.3 Å². The highest BCUT2D eigenvalue weighted by Crippen LogP contribution is 2.21. The molecule has 2 heterocycles. The number of hydrogen-bond acceptors (Lipinski definition) is 4. The maximum atomic E-state index is 5.91. The first-order valence-electron chi connectivity index (χ1n) is 7.50. The molecule has 2 aromatic heterocycles. The molecule has 0 amide bonds. The molecular weight excluding hydrogens is 320 g/mol. The molecule has 4 nitrogen and oxygen atoms in total. The van der Waals surface area contributed by atoms with Crippen LogP contribution in [0, 0.1) is 0 Å². The highest BCUT2D eigenvalue weighted by atomic mass is 35.5. The zero-order chi connectivity index (χ0) is 16.4. The molecule has 24 heavy (non-hydrogen) atoms. The molecule has 4 aromatic rings. The topological polar surface area (TPSA) is 50.7 Å². The highest BCUT2D eigenvalue weighted by Gasteiger charge is 2.05. The van der Waals surface area contributed by atoms with E-state index in [2.05, 4.69) is 20.3 Å². The number of fused-ring (bicyclic) bond motifs is 1. The predicted molar refractivity (Wildman–Crippen MR) is 97.5 cm³/mol. The first-order chi connectivity index (χ1) is 11.8. The van der Waals surface area contributed by atoms with Crippen LogP contribution in [-0.4, -0.2) is 15.0 Å². The van der Waals surface area contributed by atoms with Gasteiger partial charge in [-0.1, -0.05) is 41.9 Å². The van der Waals surface area contributed by atoms with Gasteiger partial charge in [-0.05, 0) is 36.4 Å². The number of nitrogens with one attached hydrogen (secondary N) is 1. The second-order valence-corrected chi connectivity index (χ2v) is 5.73. The summed E-state index contributed by atoms with van der Waals surface area (Å²) in [5.41, 5.74) is 4.11. The van der Waals surface area contributed by atoms with E-state index in [1.165, 1.54) is 0 Å². The molecule has 0 unspecified atom stereocenters. The number of pyridine rings is 1. The monoisotopic (exact) mass is 332 g/mol. The van der Waals surface area contributed by atoms with Crippen LogP contribution >= 0.6 is 11.6 Å². The van der Waals surface area contributed by atoms with Gasteiger partial charge in [0.2, 0.25) is 0 Å². The molecule has 0 aliphatic carbocycles.